The van der Waals surface area contributed by atoms with Crippen LogP contribution in [0, 0.1) is 25.0 Å². The van der Waals surface area contributed by atoms with Crippen molar-refractivity contribution in [3.05, 3.63) is 31.4 Å². The minimum Gasteiger partial charge on any atom is -0.483 e. The van der Waals surface area contributed by atoms with Gasteiger partial charge in [-0.15, -0.1) is 11.6 Å². The number of hydrogen-bond acceptors (Lipinski definition) is 5. The summed E-state index contributed by atoms with van der Waals surface area (Å²) in [4.78, 5) is 10.2. The Labute approximate surface area is 121 Å². The van der Waals surface area contributed by atoms with E-state index < -0.39 is 11.0 Å². The van der Waals surface area contributed by atoms with Crippen LogP contribution in [-0.2, 0) is 0 Å². The van der Waals surface area contributed by atoms with Gasteiger partial charge in [0.05, 0.1) is 26.0 Å². The van der Waals surface area contributed by atoms with Crippen LogP contribution in [0.5, 0.6) is 5.75 Å². The number of nitriles is 1. The molecule has 8 heteroatoms. The van der Waals surface area contributed by atoms with E-state index in [-0.39, 0.29) is 29.5 Å². The predicted octanol–water partition coefficient (Wildman–Crippen LogP) is 2.05. The monoisotopic (exact) mass is 382 g/mol. The zero-order chi connectivity index (χ0) is 13.7. The summed E-state index contributed by atoms with van der Waals surface area (Å²) in [5.74, 6) is 0.00414. The maximum atomic E-state index is 10.9. The minimum absolute atomic E-state index is 0.0271. The molecule has 1 rings (SSSR count). The predicted molar refractivity (Wildman–Crippen MR) is 72.8 cm³/mol. The quantitative estimate of drug-likeness (QED) is 0.364. The molecule has 1 N–H and O–H groups in total. The Morgan fingerprint density at radius 2 is 2.33 bits per heavy atom. The number of alkyl halides is 1. The highest BCUT2D eigenvalue weighted by Gasteiger charge is 2.21. The van der Waals surface area contributed by atoms with E-state index in [2.05, 4.69) is 0 Å². The minimum atomic E-state index is -0.905. The van der Waals surface area contributed by atoms with E-state index in [1.807, 2.05) is 28.7 Å². The molecular formula is C10H8ClIN2O4. The van der Waals surface area contributed by atoms with Gasteiger partial charge in [0, 0.05) is 6.07 Å². The Hall–Kier alpha value is -1.11. The molecule has 0 bridgehead atoms. The lowest BCUT2D eigenvalue weighted by Crippen LogP contribution is -2.19. The van der Waals surface area contributed by atoms with Crippen molar-refractivity contribution < 1.29 is 14.8 Å². The molecule has 0 fully saturated rings. The zero-order valence-corrected chi connectivity index (χ0v) is 11.9. The Balaban J connectivity index is 3.09. The molecule has 0 amide bonds. The highest BCUT2D eigenvalue weighted by atomic mass is 127. The summed E-state index contributed by atoms with van der Waals surface area (Å²) in [7, 11) is 0. The molecule has 0 radical (unpaired) electrons. The summed E-state index contributed by atoms with van der Waals surface area (Å²) < 4.78 is 5.62. The molecule has 1 aromatic rings. The van der Waals surface area contributed by atoms with Crippen LogP contribution in [0.3, 0.4) is 0 Å². The van der Waals surface area contributed by atoms with Gasteiger partial charge in [-0.25, -0.2) is 0 Å². The molecule has 18 heavy (non-hydrogen) atoms. The number of benzene rings is 1. The second kappa shape index (κ2) is 6.72. The Bertz CT molecular complexity index is 503. The first-order valence-electron chi connectivity index (χ1n) is 4.74. The van der Waals surface area contributed by atoms with E-state index in [0.717, 1.165) is 6.07 Å². The number of nitro groups is 1. The van der Waals surface area contributed by atoms with Crippen LogP contribution in [-0.4, -0.2) is 28.6 Å². The fourth-order valence-corrected chi connectivity index (χ4v) is 2.00. The number of nitrogens with zero attached hydrogens (tertiary/aromatic N) is 2. The van der Waals surface area contributed by atoms with Crippen LogP contribution in [0.15, 0.2) is 12.1 Å². The third kappa shape index (κ3) is 3.69. The van der Waals surface area contributed by atoms with Gasteiger partial charge in [0.1, 0.15) is 12.7 Å². The molecule has 0 aliphatic heterocycles. The van der Waals surface area contributed by atoms with Gasteiger partial charge in [-0.05, 0) is 28.7 Å². The average Bonchev–Trinajstić information content (AvgIpc) is 2.35. The molecule has 96 valence electrons. The first-order valence-corrected chi connectivity index (χ1v) is 6.35. The SMILES string of the molecule is N#Cc1cc(I)c(OCC(O)CCl)c([N+](=O)[O-])c1. The van der Waals surface area contributed by atoms with Crippen molar-refractivity contribution in [2.45, 2.75) is 6.10 Å². The van der Waals surface area contributed by atoms with Gasteiger partial charge in [-0.3, -0.25) is 10.1 Å². The number of aliphatic hydroxyl groups excluding tert-OH is 1. The van der Waals surface area contributed by atoms with Gasteiger partial charge < -0.3 is 9.84 Å². The summed E-state index contributed by atoms with van der Waals surface area (Å²) in [5, 5.41) is 28.9. The molecule has 0 aliphatic rings. The van der Waals surface area contributed by atoms with E-state index >= 15 is 0 Å². The van der Waals surface area contributed by atoms with Gasteiger partial charge in [-0.1, -0.05) is 0 Å². The van der Waals surface area contributed by atoms with Gasteiger partial charge >= 0.3 is 5.69 Å². The highest BCUT2D eigenvalue weighted by Crippen LogP contribution is 2.33. The Kier molecular flexibility index (Phi) is 5.58. The van der Waals surface area contributed by atoms with Crippen molar-refractivity contribution in [1.29, 1.82) is 5.26 Å². The van der Waals surface area contributed by atoms with Crippen LogP contribution in [0.2, 0.25) is 0 Å². The first-order chi connectivity index (χ1) is 8.49. The lowest BCUT2D eigenvalue weighted by molar-refractivity contribution is -0.386. The van der Waals surface area contributed by atoms with Gasteiger partial charge in [0.25, 0.3) is 0 Å². The van der Waals surface area contributed by atoms with Crippen LogP contribution < -0.4 is 4.74 Å². The van der Waals surface area contributed by atoms with Gasteiger partial charge in [0.15, 0.2) is 0 Å². The van der Waals surface area contributed by atoms with Crippen molar-refractivity contribution in [3.8, 4) is 11.8 Å². The van der Waals surface area contributed by atoms with E-state index in [0.29, 0.717) is 3.57 Å². The number of halogens is 2. The second-order valence-electron chi connectivity index (χ2n) is 3.29. The summed E-state index contributed by atoms with van der Waals surface area (Å²) in [6.45, 7) is -0.147. The molecule has 1 aromatic carbocycles. The van der Waals surface area contributed by atoms with E-state index in [1.54, 1.807) is 0 Å². The van der Waals surface area contributed by atoms with E-state index in [1.165, 1.54) is 6.07 Å². The maximum Gasteiger partial charge on any atom is 0.313 e. The standard InChI is InChI=1S/C10H8ClIN2O4/c11-3-7(15)5-18-10-8(12)1-6(4-13)2-9(10)14(16)17/h1-2,7,15H,3,5H2. The molecule has 0 saturated heterocycles. The third-order valence-electron chi connectivity index (χ3n) is 1.95. The van der Waals surface area contributed by atoms with Crippen molar-refractivity contribution in [2.24, 2.45) is 0 Å². The highest BCUT2D eigenvalue weighted by molar-refractivity contribution is 14.1. The molecule has 0 aromatic heterocycles. The van der Waals surface area contributed by atoms with Crippen molar-refractivity contribution in [3.63, 3.8) is 0 Å². The van der Waals surface area contributed by atoms with Crippen molar-refractivity contribution in [1.82, 2.24) is 0 Å². The van der Waals surface area contributed by atoms with Gasteiger partial charge in [0.2, 0.25) is 5.75 Å². The third-order valence-corrected chi connectivity index (χ3v) is 3.11. The topological polar surface area (TPSA) is 96.4 Å². The molecule has 6 nitrogen and oxygen atoms in total. The van der Waals surface area contributed by atoms with Gasteiger partial charge in [-0.2, -0.15) is 5.26 Å². The van der Waals surface area contributed by atoms with Crippen LogP contribution >= 0.6 is 34.2 Å². The van der Waals surface area contributed by atoms with E-state index in [4.69, 9.17) is 21.6 Å². The Morgan fingerprint density at radius 1 is 1.67 bits per heavy atom. The smallest absolute Gasteiger partial charge is 0.313 e. The summed E-state index contributed by atoms with van der Waals surface area (Å²) >= 11 is 7.23. The summed E-state index contributed by atoms with van der Waals surface area (Å²) in [6, 6.07) is 4.43. The van der Waals surface area contributed by atoms with Crippen molar-refractivity contribution >= 4 is 39.9 Å². The number of hydrogen-bond donors (Lipinski definition) is 1. The maximum absolute atomic E-state index is 10.9. The molecule has 1 unspecified atom stereocenters. The molecule has 0 spiro atoms. The normalized spacial score (nSPS) is 11.7. The van der Waals surface area contributed by atoms with Crippen LogP contribution in [0.1, 0.15) is 5.56 Å². The summed E-state index contributed by atoms with van der Waals surface area (Å²) in [5.41, 5.74) is -0.128. The van der Waals surface area contributed by atoms with Crippen LogP contribution in [0.25, 0.3) is 0 Å². The van der Waals surface area contributed by atoms with Crippen LogP contribution in [0.4, 0.5) is 5.69 Å². The average molecular weight is 383 g/mol. The van der Waals surface area contributed by atoms with Crippen molar-refractivity contribution in [2.75, 3.05) is 12.5 Å². The Morgan fingerprint density at radius 3 is 2.83 bits per heavy atom. The molecule has 1 atom stereocenters. The molecule has 0 saturated carbocycles. The zero-order valence-electron chi connectivity index (χ0n) is 8.97. The number of ether oxygens (including phenoxy) is 1. The summed E-state index contributed by atoms with van der Waals surface area (Å²) in [6.07, 6.45) is -0.905. The second-order valence-corrected chi connectivity index (χ2v) is 4.77. The number of nitro benzene ring substituents is 1. The number of aliphatic hydroxyl groups is 1. The molecular weight excluding hydrogens is 374 g/mol. The first kappa shape index (κ1) is 14.9. The molecule has 0 heterocycles. The van der Waals surface area contributed by atoms with E-state index in [9.17, 15) is 15.2 Å². The lowest BCUT2D eigenvalue weighted by Gasteiger charge is -2.11. The number of rotatable bonds is 5. The molecule has 0 aliphatic carbocycles. The largest absolute Gasteiger partial charge is 0.483 e. The lowest BCUT2D eigenvalue weighted by atomic mass is 10.2. The fourth-order valence-electron chi connectivity index (χ4n) is 1.15. The fraction of sp³-hybridized carbons (Fsp3) is 0.300.